The maximum Gasteiger partial charge on any atom is 0.115 e. The zero-order valence-electron chi connectivity index (χ0n) is 6.69. The van der Waals surface area contributed by atoms with E-state index in [9.17, 15) is 0 Å². The molecule has 0 nitrogen and oxygen atoms in total. The second-order valence-corrected chi connectivity index (χ2v) is 119. The molecule has 1 aliphatic rings. The SMILES string of the molecule is Br[SiH]1[SiH](Br)[SiH](Br)[SiH](Br)[SiH](Br)[SiH](Br)[SiH]1Br. The van der Waals surface area contributed by atoms with Gasteiger partial charge in [0.05, 0.1) is 0 Å². The monoisotopic (exact) mass is 755 g/mol. The smallest absolute Gasteiger partial charge is 0.115 e. The average molecular weight is 763 g/mol. The van der Waals surface area contributed by atoms with E-state index in [0.29, 0.717) is 0 Å². The van der Waals surface area contributed by atoms with Crippen LogP contribution in [0.5, 0.6) is 0 Å². The summed E-state index contributed by atoms with van der Waals surface area (Å²) in [6.45, 7) is -3.90. The van der Waals surface area contributed by atoms with Crippen molar-refractivity contribution >= 4 is 152 Å². The first-order chi connectivity index (χ1) is 6.37. The van der Waals surface area contributed by atoms with E-state index in [4.69, 9.17) is 0 Å². The van der Waals surface area contributed by atoms with Crippen LogP contribution >= 0.6 is 107 Å². The van der Waals surface area contributed by atoms with E-state index in [2.05, 4.69) is 107 Å². The Hall–Kier alpha value is 4.88. The van der Waals surface area contributed by atoms with Crippen LogP contribution in [0.1, 0.15) is 0 Å². The van der Waals surface area contributed by atoms with Crippen LogP contribution in [0.3, 0.4) is 0 Å². The lowest BCUT2D eigenvalue weighted by Gasteiger charge is -2.18. The van der Waals surface area contributed by atoms with Crippen molar-refractivity contribution in [1.82, 2.24) is 0 Å². The molecule has 0 aromatic carbocycles. The number of halogens is 7. The normalized spacial score (nSPS) is 55.5. The molecule has 0 N–H and O–H groups in total. The standard InChI is InChI=1S/Br7H7Si7/c1-8-9(2)11(4)13(6)14(7)12(5)10(8)3/h8-14H. The molecular formula is H7Br7Si7. The summed E-state index contributed by atoms with van der Waals surface area (Å²) in [5, 5.41) is 0. The Bertz CT molecular complexity index is 126. The highest BCUT2D eigenvalue weighted by molar-refractivity contribution is 9.51. The summed E-state index contributed by atoms with van der Waals surface area (Å²) in [6, 6.07) is 0. The van der Waals surface area contributed by atoms with E-state index in [1.165, 1.54) is 0 Å². The third-order valence-electron chi connectivity index (χ3n) is 2.13. The highest BCUT2D eigenvalue weighted by atomic mass is 79.9. The third-order valence-corrected chi connectivity index (χ3v) is 287. The molecule has 1 rings (SSSR count). The molecule has 84 valence electrons. The van der Waals surface area contributed by atoms with Crippen LogP contribution in [-0.2, 0) is 0 Å². The number of hydrogen-bond acceptors (Lipinski definition) is 0. The van der Waals surface area contributed by atoms with E-state index >= 15 is 0 Å². The van der Waals surface area contributed by atoms with Crippen molar-refractivity contribution in [3.8, 4) is 0 Å². The predicted octanol–water partition coefficient (Wildman–Crippen LogP) is 1.38. The molecule has 0 radical (unpaired) electrons. The molecule has 0 atom stereocenters. The maximum atomic E-state index is 4.09. The van der Waals surface area contributed by atoms with Crippen molar-refractivity contribution < 1.29 is 0 Å². The minimum absolute atomic E-state index is 0.558. The highest BCUT2D eigenvalue weighted by Gasteiger charge is 2.50. The summed E-state index contributed by atoms with van der Waals surface area (Å²) < 4.78 is 0. The topological polar surface area (TPSA) is 0 Å². The molecule has 0 aliphatic carbocycles. The Labute approximate surface area is 149 Å². The van der Waals surface area contributed by atoms with Gasteiger partial charge >= 0.3 is 0 Å². The molecule has 0 unspecified atom stereocenters. The summed E-state index contributed by atoms with van der Waals surface area (Å²) in [4.78, 5) is 0. The van der Waals surface area contributed by atoms with Crippen molar-refractivity contribution in [2.45, 2.75) is 0 Å². The van der Waals surface area contributed by atoms with Crippen molar-refractivity contribution in [2.75, 3.05) is 0 Å². The molecule has 0 amide bonds. The van der Waals surface area contributed by atoms with E-state index in [1.54, 1.807) is 0 Å². The summed E-state index contributed by atoms with van der Waals surface area (Å²) >= 11 is 28.6. The minimum atomic E-state index is -0.558. The first-order valence-corrected chi connectivity index (χ1v) is 44.8. The molecule has 0 aromatic rings. The predicted molar refractivity (Wildman–Crippen MR) is 113 cm³/mol. The van der Waals surface area contributed by atoms with Gasteiger partial charge in [0.15, 0.2) is 0 Å². The zero-order chi connectivity index (χ0) is 11.0. The molecule has 14 heteroatoms. The van der Waals surface area contributed by atoms with Gasteiger partial charge in [0, 0.05) is 0 Å². The number of hydrogen-bond donors (Lipinski definition) is 0. The first kappa shape index (κ1) is 16.9. The summed E-state index contributed by atoms with van der Waals surface area (Å²) in [5.41, 5.74) is 0. The lowest BCUT2D eigenvalue weighted by Crippen LogP contribution is -2.48. The second kappa shape index (κ2) is 7.61. The minimum Gasteiger partial charge on any atom is -0.137 e. The van der Waals surface area contributed by atoms with Crippen LogP contribution in [0, 0.1) is 0 Å². The van der Waals surface area contributed by atoms with Crippen LogP contribution in [0.15, 0.2) is 0 Å². The number of rotatable bonds is 0. The summed E-state index contributed by atoms with van der Waals surface area (Å²) in [5.74, 6) is 0. The first-order valence-electron chi connectivity index (χ1n) is 3.86. The average Bonchev–Trinajstić information content (AvgIpc) is 2.23. The Balaban J connectivity index is 2.92. The van der Waals surface area contributed by atoms with Crippen molar-refractivity contribution in [2.24, 2.45) is 0 Å². The van der Waals surface area contributed by atoms with Crippen LogP contribution in [0.4, 0.5) is 0 Å². The van der Waals surface area contributed by atoms with Crippen LogP contribution < -0.4 is 0 Å². The Morgan fingerprint density at radius 2 is 0.357 bits per heavy atom. The van der Waals surface area contributed by atoms with Gasteiger partial charge in [-0.25, -0.2) is 0 Å². The van der Waals surface area contributed by atoms with Crippen molar-refractivity contribution in [3.05, 3.63) is 0 Å². The highest BCUT2D eigenvalue weighted by Crippen LogP contribution is 2.31. The fourth-order valence-electron chi connectivity index (χ4n) is 1.23. The Morgan fingerprint density at radius 3 is 0.429 bits per heavy atom. The van der Waals surface area contributed by atoms with Gasteiger partial charge in [0.1, 0.15) is 45.2 Å². The van der Waals surface area contributed by atoms with Gasteiger partial charge in [-0.1, -0.05) is 0 Å². The van der Waals surface area contributed by atoms with Gasteiger partial charge < -0.3 is 0 Å². The summed E-state index contributed by atoms with van der Waals surface area (Å²) in [7, 11) is 0. The lowest BCUT2D eigenvalue weighted by atomic mass is 26.3. The zero-order valence-corrected chi connectivity index (χ0v) is 25.9. The maximum absolute atomic E-state index is 4.09. The fourth-order valence-corrected chi connectivity index (χ4v) is 497. The van der Waals surface area contributed by atoms with Crippen LogP contribution in [-0.4, -0.2) is 45.2 Å². The second-order valence-electron chi connectivity index (χ2n) is 3.11. The van der Waals surface area contributed by atoms with Gasteiger partial charge in [-0.15, -0.1) is 107 Å². The van der Waals surface area contributed by atoms with E-state index in [1.807, 2.05) is 0 Å². The molecular weight excluding hydrogens is 756 g/mol. The summed E-state index contributed by atoms with van der Waals surface area (Å²) in [6.07, 6.45) is 0. The van der Waals surface area contributed by atoms with E-state index in [-0.39, 0.29) is 0 Å². The molecule has 14 heavy (non-hydrogen) atoms. The molecule has 0 spiro atoms. The van der Waals surface area contributed by atoms with Gasteiger partial charge in [0.25, 0.3) is 0 Å². The van der Waals surface area contributed by atoms with E-state index in [0.717, 1.165) is 0 Å². The van der Waals surface area contributed by atoms with Gasteiger partial charge in [-0.2, -0.15) is 0 Å². The molecule has 1 heterocycles. The molecule has 0 saturated carbocycles. The Kier molecular flexibility index (Phi) is 9.20. The molecule has 1 fully saturated rings. The Morgan fingerprint density at radius 1 is 0.286 bits per heavy atom. The van der Waals surface area contributed by atoms with Gasteiger partial charge in [0.2, 0.25) is 0 Å². The molecule has 1 saturated heterocycles. The van der Waals surface area contributed by atoms with Gasteiger partial charge in [-0.3, -0.25) is 0 Å². The molecule has 1 aliphatic heterocycles. The van der Waals surface area contributed by atoms with Gasteiger partial charge in [-0.05, 0) is 0 Å². The van der Waals surface area contributed by atoms with Crippen LogP contribution in [0.2, 0.25) is 0 Å². The fraction of sp³-hybridized carbons (Fsp3) is 0. The van der Waals surface area contributed by atoms with E-state index < -0.39 is 45.2 Å². The molecule has 0 bridgehead atoms. The largest absolute Gasteiger partial charge is 0.137 e. The van der Waals surface area contributed by atoms with Crippen LogP contribution in [0.25, 0.3) is 0 Å². The quantitative estimate of drug-likeness (QED) is 0.259. The third kappa shape index (κ3) is 3.94. The van der Waals surface area contributed by atoms with Crippen molar-refractivity contribution in [3.63, 3.8) is 0 Å². The lowest BCUT2D eigenvalue weighted by molar-refractivity contribution is 3.76. The van der Waals surface area contributed by atoms with Crippen molar-refractivity contribution in [1.29, 1.82) is 0 Å². The molecule has 0 aromatic heterocycles.